The number of carbonyl (C=O) groups excluding carboxylic acids is 1. The number of halogens is 1. The summed E-state index contributed by atoms with van der Waals surface area (Å²) in [6.45, 7) is 2.07. The first-order valence-electron chi connectivity index (χ1n) is 9.69. The summed E-state index contributed by atoms with van der Waals surface area (Å²) in [6, 6.07) is 13.8. The van der Waals surface area contributed by atoms with Crippen LogP contribution in [0.3, 0.4) is 0 Å². The molecule has 1 aliphatic heterocycles. The largest absolute Gasteiger partial charge is 0.342 e. The molecule has 1 aromatic carbocycles. The number of piperidine rings is 1. The summed E-state index contributed by atoms with van der Waals surface area (Å²) in [5, 5.41) is 0.687. The van der Waals surface area contributed by atoms with Crippen LogP contribution in [-0.2, 0) is 11.2 Å². The van der Waals surface area contributed by atoms with Gasteiger partial charge in [0.2, 0.25) is 5.91 Å². The minimum Gasteiger partial charge on any atom is -0.342 e. The van der Waals surface area contributed by atoms with Gasteiger partial charge in [-0.2, -0.15) is 0 Å². The normalized spacial score (nSPS) is 15.8. The van der Waals surface area contributed by atoms with Crippen molar-refractivity contribution in [3.63, 3.8) is 0 Å². The number of imidazole rings is 1. The van der Waals surface area contributed by atoms with Crippen molar-refractivity contribution in [1.82, 2.24) is 19.2 Å². The molecule has 3 aromatic rings. The number of benzene rings is 1. The lowest BCUT2D eigenvalue weighted by Gasteiger charge is -2.35. The summed E-state index contributed by atoms with van der Waals surface area (Å²) >= 11 is 6.05. The standard InChI is InChI=1S/C22H25ClN4O/c1-25-13-10-18(11-14-25)26(2)21(28)15-19-22(16-6-8-17(23)9-7-16)24-20-5-3-4-12-27(19)20/h3-9,12,18H,10-11,13-15H2,1-2H3. The van der Waals surface area contributed by atoms with Crippen LogP contribution in [0, 0.1) is 0 Å². The number of nitrogens with zero attached hydrogens (tertiary/aromatic N) is 4. The van der Waals surface area contributed by atoms with Gasteiger partial charge < -0.3 is 14.2 Å². The third kappa shape index (κ3) is 3.77. The first kappa shape index (κ1) is 19.0. The maximum Gasteiger partial charge on any atom is 0.228 e. The summed E-state index contributed by atoms with van der Waals surface area (Å²) in [5.41, 5.74) is 3.57. The van der Waals surface area contributed by atoms with Crippen molar-refractivity contribution in [1.29, 1.82) is 0 Å². The number of rotatable bonds is 4. The van der Waals surface area contributed by atoms with E-state index in [2.05, 4.69) is 11.9 Å². The molecule has 1 saturated heterocycles. The van der Waals surface area contributed by atoms with E-state index in [9.17, 15) is 4.79 Å². The minimum atomic E-state index is 0.135. The minimum absolute atomic E-state index is 0.135. The molecule has 5 nitrogen and oxygen atoms in total. The van der Waals surface area contributed by atoms with E-state index in [0.717, 1.165) is 48.5 Å². The topological polar surface area (TPSA) is 40.8 Å². The number of likely N-dealkylation sites (tertiary alicyclic amines) is 1. The van der Waals surface area contributed by atoms with Crippen LogP contribution in [-0.4, -0.2) is 58.3 Å². The van der Waals surface area contributed by atoms with Crippen LogP contribution in [0.25, 0.3) is 16.9 Å². The fraction of sp³-hybridized carbons (Fsp3) is 0.364. The molecule has 146 valence electrons. The van der Waals surface area contributed by atoms with Crippen LogP contribution in [0.2, 0.25) is 5.02 Å². The van der Waals surface area contributed by atoms with E-state index in [1.807, 2.05) is 65.0 Å². The molecule has 1 aliphatic rings. The Hall–Kier alpha value is -2.37. The summed E-state index contributed by atoms with van der Waals surface area (Å²) in [6.07, 6.45) is 4.35. The van der Waals surface area contributed by atoms with E-state index in [0.29, 0.717) is 17.5 Å². The van der Waals surface area contributed by atoms with Crippen molar-refractivity contribution in [2.24, 2.45) is 0 Å². The molecule has 0 aliphatic carbocycles. The first-order valence-corrected chi connectivity index (χ1v) is 10.1. The van der Waals surface area contributed by atoms with Gasteiger partial charge in [-0.3, -0.25) is 4.79 Å². The molecule has 0 N–H and O–H groups in total. The summed E-state index contributed by atoms with van der Waals surface area (Å²) < 4.78 is 2.02. The fourth-order valence-corrected chi connectivity index (χ4v) is 4.03. The molecule has 4 rings (SSSR count). The van der Waals surface area contributed by atoms with Gasteiger partial charge in [0.1, 0.15) is 5.65 Å². The average molecular weight is 397 g/mol. The number of hydrogen-bond acceptors (Lipinski definition) is 3. The predicted octanol–water partition coefficient (Wildman–Crippen LogP) is 3.75. The molecule has 0 spiro atoms. The number of hydrogen-bond donors (Lipinski definition) is 0. The number of likely N-dealkylation sites (N-methyl/N-ethyl adjacent to an activating group) is 1. The number of pyridine rings is 1. The number of aromatic nitrogens is 2. The van der Waals surface area contributed by atoms with Gasteiger partial charge in [0.05, 0.1) is 17.8 Å². The Morgan fingerprint density at radius 3 is 2.61 bits per heavy atom. The molecule has 1 fully saturated rings. The molecule has 0 radical (unpaired) electrons. The first-order chi connectivity index (χ1) is 13.5. The Morgan fingerprint density at radius 1 is 1.18 bits per heavy atom. The predicted molar refractivity (Wildman–Crippen MR) is 113 cm³/mol. The summed E-state index contributed by atoms with van der Waals surface area (Å²) in [7, 11) is 4.07. The van der Waals surface area contributed by atoms with Gasteiger partial charge in [0.15, 0.2) is 0 Å². The Labute approximate surface area is 170 Å². The second-order valence-corrected chi connectivity index (χ2v) is 8.00. The Balaban J connectivity index is 1.64. The van der Waals surface area contributed by atoms with E-state index in [1.54, 1.807) is 0 Å². The van der Waals surface area contributed by atoms with Crippen LogP contribution in [0.15, 0.2) is 48.7 Å². The van der Waals surface area contributed by atoms with E-state index in [-0.39, 0.29) is 5.91 Å². The molecular weight excluding hydrogens is 372 g/mol. The van der Waals surface area contributed by atoms with Crippen LogP contribution in [0.5, 0.6) is 0 Å². The lowest BCUT2D eigenvalue weighted by Crippen LogP contribution is -2.45. The average Bonchev–Trinajstić information content (AvgIpc) is 3.07. The van der Waals surface area contributed by atoms with Crippen molar-refractivity contribution >= 4 is 23.2 Å². The number of amides is 1. The van der Waals surface area contributed by atoms with Crippen molar-refractivity contribution in [3.8, 4) is 11.3 Å². The maximum atomic E-state index is 13.1. The van der Waals surface area contributed by atoms with Crippen molar-refractivity contribution in [2.75, 3.05) is 27.2 Å². The zero-order valence-corrected chi connectivity index (χ0v) is 17.1. The number of carbonyl (C=O) groups is 1. The Morgan fingerprint density at radius 2 is 1.89 bits per heavy atom. The second kappa shape index (κ2) is 7.94. The zero-order valence-electron chi connectivity index (χ0n) is 16.3. The van der Waals surface area contributed by atoms with Gasteiger partial charge in [-0.25, -0.2) is 4.98 Å². The van der Waals surface area contributed by atoms with Crippen LogP contribution in [0.4, 0.5) is 0 Å². The lowest BCUT2D eigenvalue weighted by molar-refractivity contribution is -0.132. The molecule has 0 atom stereocenters. The van der Waals surface area contributed by atoms with Gasteiger partial charge >= 0.3 is 0 Å². The molecule has 1 amide bonds. The van der Waals surface area contributed by atoms with Gasteiger partial charge in [-0.1, -0.05) is 29.8 Å². The zero-order chi connectivity index (χ0) is 19.7. The van der Waals surface area contributed by atoms with Crippen molar-refractivity contribution in [3.05, 3.63) is 59.4 Å². The SMILES string of the molecule is CN1CCC(N(C)C(=O)Cc2c(-c3ccc(Cl)cc3)nc3ccccn23)CC1. The smallest absolute Gasteiger partial charge is 0.228 e. The second-order valence-electron chi connectivity index (χ2n) is 7.56. The van der Waals surface area contributed by atoms with Crippen LogP contribution >= 0.6 is 11.6 Å². The lowest BCUT2D eigenvalue weighted by atomic mass is 10.0. The number of fused-ring (bicyclic) bond motifs is 1. The van der Waals surface area contributed by atoms with E-state index >= 15 is 0 Å². The molecule has 2 aromatic heterocycles. The molecule has 0 saturated carbocycles. The van der Waals surface area contributed by atoms with Gasteiger partial charge in [-0.05, 0) is 57.2 Å². The molecular formula is C22H25ClN4O. The molecule has 28 heavy (non-hydrogen) atoms. The maximum absolute atomic E-state index is 13.1. The third-order valence-corrected chi connectivity index (χ3v) is 5.95. The van der Waals surface area contributed by atoms with E-state index in [4.69, 9.17) is 16.6 Å². The highest BCUT2D eigenvalue weighted by Gasteiger charge is 2.26. The molecule has 0 unspecified atom stereocenters. The Bertz CT molecular complexity index is 974. The van der Waals surface area contributed by atoms with Gasteiger partial charge in [0.25, 0.3) is 0 Å². The third-order valence-electron chi connectivity index (χ3n) is 5.69. The van der Waals surface area contributed by atoms with Gasteiger partial charge in [-0.15, -0.1) is 0 Å². The van der Waals surface area contributed by atoms with Crippen molar-refractivity contribution in [2.45, 2.75) is 25.3 Å². The highest BCUT2D eigenvalue weighted by atomic mass is 35.5. The van der Waals surface area contributed by atoms with Crippen molar-refractivity contribution < 1.29 is 4.79 Å². The Kier molecular flexibility index (Phi) is 5.38. The molecule has 3 heterocycles. The van der Waals surface area contributed by atoms with E-state index in [1.165, 1.54) is 0 Å². The highest BCUT2D eigenvalue weighted by Crippen LogP contribution is 2.27. The monoisotopic (exact) mass is 396 g/mol. The highest BCUT2D eigenvalue weighted by molar-refractivity contribution is 6.30. The summed E-state index contributed by atoms with van der Waals surface area (Å²) in [4.78, 5) is 22.2. The quantitative estimate of drug-likeness (QED) is 0.674. The molecule has 6 heteroatoms. The fourth-order valence-electron chi connectivity index (χ4n) is 3.91. The van der Waals surface area contributed by atoms with Gasteiger partial charge in [0, 0.05) is 29.9 Å². The molecule has 0 bridgehead atoms. The van der Waals surface area contributed by atoms with E-state index < -0.39 is 0 Å². The van der Waals surface area contributed by atoms with Crippen LogP contribution < -0.4 is 0 Å². The van der Waals surface area contributed by atoms with Crippen LogP contribution in [0.1, 0.15) is 18.5 Å². The summed E-state index contributed by atoms with van der Waals surface area (Å²) in [5.74, 6) is 0.135.